The van der Waals surface area contributed by atoms with E-state index in [-0.39, 0.29) is 11.5 Å². The summed E-state index contributed by atoms with van der Waals surface area (Å²) in [5.41, 5.74) is 1.80. The van der Waals surface area contributed by atoms with Crippen LogP contribution in [0.15, 0.2) is 23.1 Å². The average Bonchev–Trinajstić information content (AvgIpc) is 2.64. The van der Waals surface area contributed by atoms with Gasteiger partial charge in [0.25, 0.3) is 9.05 Å². The van der Waals surface area contributed by atoms with Gasteiger partial charge in [-0.1, -0.05) is 40.9 Å². The summed E-state index contributed by atoms with van der Waals surface area (Å²) in [6.07, 6.45) is 0.480. The molecule has 0 saturated carbocycles. The molecule has 128 valence electrons. The lowest BCUT2D eigenvalue weighted by Crippen LogP contribution is -2.35. The van der Waals surface area contributed by atoms with Crippen molar-refractivity contribution in [2.24, 2.45) is 0 Å². The summed E-state index contributed by atoms with van der Waals surface area (Å²) >= 11 is 16.6. The van der Waals surface area contributed by atoms with Crippen molar-refractivity contribution in [3.05, 3.63) is 29.3 Å². The van der Waals surface area contributed by atoms with E-state index in [1.165, 1.54) is 17.0 Å². The monoisotopic (exact) mass is 419 g/mol. The van der Waals surface area contributed by atoms with Crippen LogP contribution in [-0.2, 0) is 26.6 Å². The Morgan fingerprint density at radius 3 is 2.35 bits per heavy atom. The van der Waals surface area contributed by atoms with Crippen LogP contribution in [0.5, 0.6) is 0 Å². The van der Waals surface area contributed by atoms with E-state index < -0.39 is 18.9 Å². The van der Waals surface area contributed by atoms with Crippen LogP contribution >= 0.6 is 45.5 Å². The Bertz CT molecular complexity index is 702. The van der Waals surface area contributed by atoms with E-state index in [9.17, 15) is 13.2 Å². The van der Waals surface area contributed by atoms with Crippen molar-refractivity contribution in [1.82, 2.24) is 4.90 Å². The van der Waals surface area contributed by atoms with Gasteiger partial charge in [0.05, 0.1) is 4.90 Å². The van der Waals surface area contributed by atoms with Crippen molar-refractivity contribution in [3.8, 4) is 0 Å². The molecule has 5 nitrogen and oxygen atoms in total. The third-order valence-electron chi connectivity index (χ3n) is 3.38. The molecule has 0 aliphatic carbocycles. The van der Waals surface area contributed by atoms with Gasteiger partial charge >= 0.3 is 6.09 Å². The number of carbonyl (C=O) groups is 1. The highest BCUT2D eigenvalue weighted by Gasteiger charge is 2.26. The average molecular weight is 421 g/mol. The summed E-state index contributed by atoms with van der Waals surface area (Å²) in [5.74, 6) is 0. The molecule has 0 radical (unpaired) electrons. The maximum atomic E-state index is 12.0. The van der Waals surface area contributed by atoms with E-state index in [1.54, 1.807) is 6.07 Å². The molecule has 0 aromatic heterocycles. The van der Waals surface area contributed by atoms with Crippen molar-refractivity contribution in [3.63, 3.8) is 0 Å². The van der Waals surface area contributed by atoms with Gasteiger partial charge in [0.15, 0.2) is 0 Å². The predicted octanol–water partition coefficient (Wildman–Crippen LogP) is 3.52. The van der Waals surface area contributed by atoms with Gasteiger partial charge < -0.3 is 9.64 Å². The summed E-state index contributed by atoms with van der Waals surface area (Å²) in [6.45, 7) is 0.463. The molecule has 1 amide bonds. The van der Waals surface area contributed by atoms with Gasteiger partial charge in [-0.25, -0.2) is 13.2 Å². The first-order valence-corrected chi connectivity index (χ1v) is 10.1. The topological polar surface area (TPSA) is 63.7 Å². The second-order valence-electron chi connectivity index (χ2n) is 5.03. The van der Waals surface area contributed by atoms with Crippen LogP contribution in [0.4, 0.5) is 4.79 Å². The number of benzene rings is 1. The highest BCUT2D eigenvalue weighted by molar-refractivity contribution is 8.13. The first-order valence-electron chi connectivity index (χ1n) is 6.61. The minimum atomic E-state index is -3.78. The minimum absolute atomic E-state index is 0.0464. The number of alkyl halides is 3. The molecule has 1 aromatic rings. The molecule has 2 rings (SSSR count). The van der Waals surface area contributed by atoms with Crippen molar-refractivity contribution in [2.45, 2.75) is 21.5 Å². The molecule has 1 aliphatic heterocycles. The molecule has 0 N–H and O–H groups in total. The van der Waals surface area contributed by atoms with E-state index in [0.29, 0.717) is 25.9 Å². The molecule has 0 fully saturated rings. The number of fused-ring (bicyclic) bond motifs is 1. The van der Waals surface area contributed by atoms with Crippen LogP contribution in [0.3, 0.4) is 0 Å². The van der Waals surface area contributed by atoms with Crippen LogP contribution in [0, 0.1) is 0 Å². The molecule has 0 saturated heterocycles. The smallest absolute Gasteiger partial charge is 0.409 e. The van der Waals surface area contributed by atoms with Crippen molar-refractivity contribution < 1.29 is 17.9 Å². The first-order chi connectivity index (χ1) is 10.6. The number of carbonyl (C=O) groups excluding carboxylic acids is 1. The molecule has 1 aliphatic rings. The number of hydrogen-bond donors (Lipinski definition) is 0. The van der Waals surface area contributed by atoms with E-state index in [2.05, 4.69) is 0 Å². The maximum absolute atomic E-state index is 12.0. The van der Waals surface area contributed by atoms with E-state index in [0.717, 1.165) is 11.1 Å². The largest absolute Gasteiger partial charge is 0.445 e. The summed E-state index contributed by atoms with van der Waals surface area (Å²) in [7, 11) is 1.58. The Hall–Kier alpha value is -0.400. The fraction of sp³-hybridized carbons (Fsp3) is 0.462. The molecule has 0 bridgehead atoms. The molecule has 1 heterocycles. The van der Waals surface area contributed by atoms with Gasteiger partial charge in [-0.3, -0.25) is 0 Å². The summed E-state index contributed by atoms with van der Waals surface area (Å²) in [6, 6.07) is 4.70. The Balaban J connectivity index is 2.07. The summed E-state index contributed by atoms with van der Waals surface area (Å²) in [5, 5.41) is 0. The van der Waals surface area contributed by atoms with Crippen LogP contribution in [0.1, 0.15) is 11.1 Å². The SMILES string of the molecule is O=C(OCC(Cl)(Cl)Cl)N1CCc2ccc(S(=O)(=O)Cl)cc2CC1. The zero-order chi connectivity index (χ0) is 17.3. The van der Waals surface area contributed by atoms with Gasteiger partial charge in [-0.15, -0.1) is 0 Å². The number of halogens is 4. The molecule has 0 atom stereocenters. The fourth-order valence-corrected chi connectivity index (χ4v) is 3.24. The zero-order valence-electron chi connectivity index (χ0n) is 11.8. The Morgan fingerprint density at radius 2 is 1.78 bits per heavy atom. The summed E-state index contributed by atoms with van der Waals surface area (Å²) in [4.78, 5) is 13.5. The van der Waals surface area contributed by atoms with Crippen molar-refractivity contribution in [1.29, 1.82) is 0 Å². The quantitative estimate of drug-likeness (QED) is 0.542. The molecule has 1 aromatic carbocycles. The van der Waals surface area contributed by atoms with Crippen LogP contribution < -0.4 is 0 Å². The first kappa shape index (κ1) is 18.9. The van der Waals surface area contributed by atoms with Gasteiger partial charge in [0.1, 0.15) is 6.61 Å². The lowest BCUT2D eigenvalue weighted by atomic mass is 10.0. The van der Waals surface area contributed by atoms with Crippen LogP contribution in [0.25, 0.3) is 0 Å². The third-order valence-corrected chi connectivity index (χ3v) is 5.06. The maximum Gasteiger partial charge on any atom is 0.409 e. The molecule has 0 unspecified atom stereocenters. The number of rotatable bonds is 2. The Labute approximate surface area is 153 Å². The van der Waals surface area contributed by atoms with Crippen LogP contribution in [-0.4, -0.2) is 42.9 Å². The lowest BCUT2D eigenvalue weighted by Gasteiger charge is -2.21. The van der Waals surface area contributed by atoms with Crippen molar-refractivity contribution in [2.75, 3.05) is 19.7 Å². The van der Waals surface area contributed by atoms with Crippen molar-refractivity contribution >= 4 is 60.6 Å². The van der Waals surface area contributed by atoms with Gasteiger partial charge in [0.2, 0.25) is 3.79 Å². The highest BCUT2D eigenvalue weighted by Crippen LogP contribution is 2.27. The molecule has 10 heteroatoms. The fourth-order valence-electron chi connectivity index (χ4n) is 2.27. The van der Waals surface area contributed by atoms with E-state index >= 15 is 0 Å². The molecule has 0 spiro atoms. The number of nitrogens with zero attached hydrogens (tertiary/aromatic N) is 1. The summed E-state index contributed by atoms with van der Waals surface area (Å²) < 4.78 is 26.1. The molecular weight excluding hydrogens is 408 g/mol. The third kappa shape index (κ3) is 5.57. The highest BCUT2D eigenvalue weighted by atomic mass is 35.7. The number of ether oxygens (including phenoxy) is 1. The number of hydrogen-bond acceptors (Lipinski definition) is 4. The predicted molar refractivity (Wildman–Crippen MR) is 90.1 cm³/mol. The Kier molecular flexibility index (Phi) is 5.95. The van der Waals surface area contributed by atoms with E-state index in [1.807, 2.05) is 0 Å². The van der Waals surface area contributed by atoms with Gasteiger partial charge in [-0.2, -0.15) is 0 Å². The number of amides is 1. The minimum Gasteiger partial charge on any atom is -0.445 e. The zero-order valence-corrected chi connectivity index (χ0v) is 15.6. The van der Waals surface area contributed by atoms with Gasteiger partial charge in [0, 0.05) is 23.8 Å². The van der Waals surface area contributed by atoms with Gasteiger partial charge in [-0.05, 0) is 36.1 Å². The molecular formula is C13H13Cl4NO4S. The second-order valence-corrected chi connectivity index (χ2v) is 10.1. The van der Waals surface area contributed by atoms with E-state index in [4.69, 9.17) is 50.2 Å². The molecule has 23 heavy (non-hydrogen) atoms. The lowest BCUT2D eigenvalue weighted by molar-refractivity contribution is 0.106. The standard InChI is InChI=1S/C13H13Cl4NO4S/c14-13(15,16)8-22-12(19)18-5-3-9-1-2-11(23(17,20)21)7-10(9)4-6-18/h1-2,7H,3-6,8H2. The van der Waals surface area contributed by atoms with Crippen LogP contribution in [0.2, 0.25) is 0 Å². The second kappa shape index (κ2) is 7.23. The normalized spacial score (nSPS) is 15.7. The Morgan fingerprint density at radius 1 is 1.17 bits per heavy atom.